The van der Waals surface area contributed by atoms with Crippen LogP contribution in [0.15, 0.2) is 35.3 Å². The van der Waals surface area contributed by atoms with Crippen LogP contribution in [0.1, 0.15) is 37.8 Å². The van der Waals surface area contributed by atoms with Crippen molar-refractivity contribution in [3.05, 3.63) is 46.5 Å². The molecule has 2 aromatic heterocycles. The van der Waals surface area contributed by atoms with Crippen molar-refractivity contribution in [1.82, 2.24) is 19.2 Å². The first-order chi connectivity index (χ1) is 13.7. The van der Waals surface area contributed by atoms with E-state index in [0.717, 1.165) is 50.1 Å². The first kappa shape index (κ1) is 17.9. The van der Waals surface area contributed by atoms with Crippen LogP contribution in [0, 0.1) is 17.8 Å². The van der Waals surface area contributed by atoms with Gasteiger partial charge in [-0.2, -0.15) is 0 Å². The number of hydrogen-bond donors (Lipinski definition) is 0. The summed E-state index contributed by atoms with van der Waals surface area (Å²) < 4.78 is 1.57. The monoisotopic (exact) mass is 380 g/mol. The molecule has 1 amide bonds. The van der Waals surface area contributed by atoms with Gasteiger partial charge in [0.1, 0.15) is 5.65 Å². The molecule has 2 saturated carbocycles. The second kappa shape index (κ2) is 7.32. The van der Waals surface area contributed by atoms with E-state index in [1.54, 1.807) is 16.7 Å². The zero-order valence-corrected chi connectivity index (χ0v) is 16.3. The Morgan fingerprint density at radius 3 is 2.71 bits per heavy atom. The highest BCUT2D eigenvalue weighted by Crippen LogP contribution is 2.49. The van der Waals surface area contributed by atoms with E-state index in [2.05, 4.69) is 9.88 Å². The molecule has 6 nitrogen and oxygen atoms in total. The van der Waals surface area contributed by atoms with Crippen molar-refractivity contribution in [2.75, 3.05) is 26.2 Å². The van der Waals surface area contributed by atoms with E-state index in [1.807, 2.05) is 23.1 Å². The average molecular weight is 380 g/mol. The fourth-order valence-electron chi connectivity index (χ4n) is 5.55. The highest BCUT2D eigenvalue weighted by molar-refractivity contribution is 5.76. The fourth-order valence-corrected chi connectivity index (χ4v) is 5.55. The fraction of sp³-hybridized carbons (Fsp3) is 0.591. The molecule has 3 aliphatic rings. The molecular formula is C22H28N4O2. The lowest BCUT2D eigenvalue weighted by molar-refractivity contribution is -0.134. The van der Waals surface area contributed by atoms with Gasteiger partial charge in [0, 0.05) is 51.4 Å². The van der Waals surface area contributed by atoms with Crippen molar-refractivity contribution in [2.24, 2.45) is 17.8 Å². The van der Waals surface area contributed by atoms with Crippen molar-refractivity contribution in [2.45, 2.75) is 38.6 Å². The molecule has 6 heteroatoms. The van der Waals surface area contributed by atoms with Gasteiger partial charge in [0.15, 0.2) is 0 Å². The Kier molecular flexibility index (Phi) is 4.67. The van der Waals surface area contributed by atoms with Gasteiger partial charge in [-0.3, -0.25) is 18.9 Å². The minimum Gasteiger partial charge on any atom is -0.340 e. The van der Waals surface area contributed by atoms with Crippen LogP contribution in [0.5, 0.6) is 0 Å². The third-order valence-electron chi connectivity index (χ3n) is 7.06. The summed E-state index contributed by atoms with van der Waals surface area (Å²) in [5.41, 5.74) is 1.45. The predicted octanol–water partition coefficient (Wildman–Crippen LogP) is 2.17. The van der Waals surface area contributed by atoms with Crippen LogP contribution in [0.4, 0.5) is 0 Å². The van der Waals surface area contributed by atoms with Gasteiger partial charge in [-0.1, -0.05) is 12.5 Å². The van der Waals surface area contributed by atoms with Crippen molar-refractivity contribution < 1.29 is 4.79 Å². The summed E-state index contributed by atoms with van der Waals surface area (Å²) >= 11 is 0. The van der Waals surface area contributed by atoms with E-state index >= 15 is 0 Å². The molecule has 1 saturated heterocycles. The van der Waals surface area contributed by atoms with Crippen LogP contribution in [0.2, 0.25) is 0 Å². The Morgan fingerprint density at radius 2 is 1.96 bits per heavy atom. The summed E-state index contributed by atoms with van der Waals surface area (Å²) in [4.78, 5) is 33.9. The minimum atomic E-state index is -0.0414. The Hall–Kier alpha value is -2.21. The zero-order chi connectivity index (χ0) is 19.1. The molecule has 0 aromatic carbocycles. The molecule has 0 spiro atoms. The van der Waals surface area contributed by atoms with Gasteiger partial charge in [-0.25, -0.2) is 4.98 Å². The van der Waals surface area contributed by atoms with Crippen LogP contribution in [0.3, 0.4) is 0 Å². The third-order valence-corrected chi connectivity index (χ3v) is 7.06. The Bertz CT molecular complexity index is 932. The number of rotatable bonds is 4. The second-order valence-corrected chi connectivity index (χ2v) is 8.81. The highest BCUT2D eigenvalue weighted by atomic mass is 16.2. The van der Waals surface area contributed by atoms with E-state index < -0.39 is 0 Å². The number of nitrogens with zero attached hydrogens (tertiary/aromatic N) is 4. The van der Waals surface area contributed by atoms with Gasteiger partial charge in [-0.05, 0) is 49.1 Å². The van der Waals surface area contributed by atoms with Gasteiger partial charge >= 0.3 is 0 Å². The number of carbonyl (C=O) groups excluding carboxylic acids is 1. The number of amides is 1. The van der Waals surface area contributed by atoms with Crippen molar-refractivity contribution in [1.29, 1.82) is 0 Å². The standard InChI is InChI=1S/C22H28N4O2/c27-21(13-18-12-16-4-5-17(18)11-16)25-9-7-24(8-10-25)15-19-14-22(28)26-6-2-1-3-20(26)23-19/h1-3,6,14,16-18H,4-5,7-13,15H2/t16-,17-,18-/m0/s1. The van der Waals surface area contributed by atoms with Crippen molar-refractivity contribution >= 4 is 11.6 Å². The van der Waals surface area contributed by atoms with Gasteiger partial charge in [0.2, 0.25) is 5.91 Å². The maximum atomic E-state index is 12.7. The Labute approximate surface area is 165 Å². The second-order valence-electron chi connectivity index (χ2n) is 8.81. The predicted molar refractivity (Wildman–Crippen MR) is 107 cm³/mol. The average Bonchev–Trinajstić information content (AvgIpc) is 3.32. The maximum Gasteiger partial charge on any atom is 0.258 e. The first-order valence-corrected chi connectivity index (χ1v) is 10.6. The number of pyridine rings is 1. The maximum absolute atomic E-state index is 12.7. The summed E-state index contributed by atoms with van der Waals surface area (Å²) in [6, 6.07) is 7.21. The third kappa shape index (κ3) is 3.46. The van der Waals surface area contributed by atoms with E-state index in [0.29, 0.717) is 24.0 Å². The summed E-state index contributed by atoms with van der Waals surface area (Å²) in [6.45, 7) is 3.92. The Balaban J connectivity index is 1.16. The number of carbonyl (C=O) groups is 1. The summed E-state index contributed by atoms with van der Waals surface area (Å²) in [5.74, 6) is 2.70. The van der Waals surface area contributed by atoms with Crippen molar-refractivity contribution in [3.8, 4) is 0 Å². The lowest BCUT2D eigenvalue weighted by atomic mass is 9.86. The quantitative estimate of drug-likeness (QED) is 0.816. The summed E-state index contributed by atoms with van der Waals surface area (Å²) in [6.07, 6.45) is 7.87. The number of fused-ring (bicyclic) bond motifs is 3. The zero-order valence-electron chi connectivity index (χ0n) is 16.3. The largest absolute Gasteiger partial charge is 0.340 e. The molecule has 0 N–H and O–H groups in total. The van der Waals surface area contributed by atoms with Crippen LogP contribution in [-0.2, 0) is 11.3 Å². The van der Waals surface area contributed by atoms with E-state index in [4.69, 9.17) is 0 Å². The molecule has 0 radical (unpaired) electrons. The molecule has 2 aromatic rings. The molecule has 0 unspecified atom stereocenters. The van der Waals surface area contributed by atoms with Gasteiger partial charge in [0.05, 0.1) is 5.69 Å². The Morgan fingerprint density at radius 1 is 1.11 bits per heavy atom. The van der Waals surface area contributed by atoms with Gasteiger partial charge in [-0.15, -0.1) is 0 Å². The van der Waals surface area contributed by atoms with Crippen LogP contribution >= 0.6 is 0 Å². The van der Waals surface area contributed by atoms with Crippen molar-refractivity contribution in [3.63, 3.8) is 0 Å². The molecule has 28 heavy (non-hydrogen) atoms. The number of piperazine rings is 1. The number of hydrogen-bond acceptors (Lipinski definition) is 4. The molecule has 3 heterocycles. The first-order valence-electron chi connectivity index (χ1n) is 10.6. The molecule has 2 aliphatic carbocycles. The SMILES string of the molecule is O=C(C[C@@H]1C[C@H]2CC[C@H]1C2)N1CCN(Cc2cc(=O)n3ccccc3n2)CC1. The topological polar surface area (TPSA) is 57.9 Å². The van der Waals surface area contributed by atoms with E-state index in [1.165, 1.54) is 25.7 Å². The highest BCUT2D eigenvalue weighted by Gasteiger charge is 2.40. The molecule has 5 rings (SSSR count). The minimum absolute atomic E-state index is 0.0414. The lowest BCUT2D eigenvalue weighted by Crippen LogP contribution is -2.48. The molecular weight excluding hydrogens is 352 g/mol. The molecule has 2 bridgehead atoms. The smallest absolute Gasteiger partial charge is 0.258 e. The normalized spacial score (nSPS) is 27.6. The van der Waals surface area contributed by atoms with Crippen LogP contribution in [0.25, 0.3) is 5.65 Å². The van der Waals surface area contributed by atoms with E-state index in [9.17, 15) is 9.59 Å². The lowest BCUT2D eigenvalue weighted by Gasteiger charge is -2.35. The number of aromatic nitrogens is 2. The van der Waals surface area contributed by atoms with Crippen LogP contribution < -0.4 is 5.56 Å². The summed E-state index contributed by atoms with van der Waals surface area (Å²) in [5, 5.41) is 0. The van der Waals surface area contributed by atoms with Gasteiger partial charge in [0.25, 0.3) is 5.56 Å². The van der Waals surface area contributed by atoms with E-state index in [-0.39, 0.29) is 5.56 Å². The van der Waals surface area contributed by atoms with Gasteiger partial charge < -0.3 is 4.90 Å². The molecule has 148 valence electrons. The molecule has 1 aliphatic heterocycles. The van der Waals surface area contributed by atoms with Crippen LogP contribution in [-0.4, -0.2) is 51.3 Å². The molecule has 3 atom stereocenters. The summed E-state index contributed by atoms with van der Waals surface area (Å²) in [7, 11) is 0. The molecule has 3 fully saturated rings.